The van der Waals surface area contributed by atoms with Crippen LogP contribution < -0.4 is 10.6 Å². The van der Waals surface area contributed by atoms with E-state index in [-0.39, 0.29) is 47.6 Å². The zero-order valence-electron chi connectivity index (χ0n) is 34.5. The molecular formula is C44H54N8O6. The van der Waals surface area contributed by atoms with Crippen molar-refractivity contribution in [3.8, 4) is 22.4 Å². The van der Waals surface area contributed by atoms with E-state index in [0.717, 1.165) is 68.7 Å². The number of benzene rings is 3. The number of amides is 4. The van der Waals surface area contributed by atoms with Gasteiger partial charge in [-0.25, -0.2) is 19.6 Å². The first kappa shape index (κ1) is 40.3. The summed E-state index contributed by atoms with van der Waals surface area (Å²) in [5.74, 6) is 1.48. The van der Waals surface area contributed by atoms with Crippen LogP contribution in [0.3, 0.4) is 0 Å². The lowest BCUT2D eigenvalue weighted by Crippen LogP contribution is -2.51. The summed E-state index contributed by atoms with van der Waals surface area (Å²) in [6.07, 6.45) is 2.10. The highest BCUT2D eigenvalue weighted by Gasteiger charge is 2.41. The van der Waals surface area contributed by atoms with Gasteiger partial charge >= 0.3 is 12.2 Å². The Morgan fingerprint density at radius 1 is 0.690 bits per heavy atom. The number of likely N-dealkylation sites (tertiary alicyclic amines) is 2. The monoisotopic (exact) mass is 790 g/mol. The van der Waals surface area contributed by atoms with Crippen molar-refractivity contribution in [2.75, 3.05) is 27.3 Å². The first-order chi connectivity index (χ1) is 27.7. The van der Waals surface area contributed by atoms with Crippen molar-refractivity contribution in [2.24, 2.45) is 23.7 Å². The average Bonchev–Trinajstić information content (AvgIpc) is 4.03. The highest BCUT2D eigenvalue weighted by Crippen LogP contribution is 2.38. The maximum absolute atomic E-state index is 13.8. The van der Waals surface area contributed by atoms with Gasteiger partial charge in [-0.2, -0.15) is 0 Å². The minimum absolute atomic E-state index is 0.117. The van der Waals surface area contributed by atoms with Crippen LogP contribution in [0.15, 0.2) is 60.8 Å². The summed E-state index contributed by atoms with van der Waals surface area (Å²) in [5.41, 5.74) is 5.64. The molecule has 4 N–H and O–H groups in total. The van der Waals surface area contributed by atoms with Gasteiger partial charge in [0.25, 0.3) is 0 Å². The van der Waals surface area contributed by atoms with E-state index in [1.54, 1.807) is 0 Å². The minimum Gasteiger partial charge on any atom is -0.453 e. The number of H-pyrrole nitrogens is 2. The van der Waals surface area contributed by atoms with Crippen LogP contribution in [0.1, 0.15) is 78.1 Å². The SMILES string of the molecule is COC(=O)N[C@H](C(=O)N1C[C@@H](C)C[C@H]1c1ncc(-c2ccc3cc(-c4ccc5nc([C@@H]6C[C@H](C)CN6C(=O)[C@@H](NC(=O)OC)C(C)C)[nH]c5c4)ccc3c2)[nH]1)C(C)C. The van der Waals surface area contributed by atoms with E-state index in [4.69, 9.17) is 19.4 Å². The number of hydrogen-bond acceptors (Lipinski definition) is 8. The number of rotatable bonds is 10. The molecule has 306 valence electrons. The molecule has 4 amide bonds. The highest BCUT2D eigenvalue weighted by molar-refractivity contribution is 5.92. The summed E-state index contributed by atoms with van der Waals surface area (Å²) >= 11 is 0. The van der Waals surface area contributed by atoms with Gasteiger partial charge in [-0.3, -0.25) is 9.59 Å². The number of alkyl carbamates (subject to hydrolysis) is 2. The molecule has 2 saturated heterocycles. The topological polar surface area (TPSA) is 175 Å². The van der Waals surface area contributed by atoms with E-state index in [0.29, 0.717) is 13.1 Å². The Bertz CT molecular complexity index is 2330. The molecule has 2 aliphatic heterocycles. The lowest BCUT2D eigenvalue weighted by Gasteiger charge is -2.30. The minimum atomic E-state index is -0.705. The van der Waals surface area contributed by atoms with Crippen LogP contribution >= 0.6 is 0 Å². The van der Waals surface area contributed by atoms with E-state index in [2.05, 4.69) is 83.0 Å². The Morgan fingerprint density at radius 3 is 1.74 bits per heavy atom. The zero-order chi connectivity index (χ0) is 41.4. The van der Waals surface area contributed by atoms with Gasteiger partial charge in [-0.1, -0.05) is 71.9 Å². The van der Waals surface area contributed by atoms with Crippen LogP contribution in [-0.4, -0.2) is 93.1 Å². The Hall–Kier alpha value is -5.92. The molecule has 0 bridgehead atoms. The summed E-state index contributed by atoms with van der Waals surface area (Å²) in [7, 11) is 2.59. The fraction of sp³-hybridized carbons (Fsp3) is 0.455. The van der Waals surface area contributed by atoms with Crippen molar-refractivity contribution in [1.29, 1.82) is 0 Å². The van der Waals surface area contributed by atoms with E-state index < -0.39 is 24.3 Å². The highest BCUT2D eigenvalue weighted by atomic mass is 16.5. The lowest BCUT2D eigenvalue weighted by molar-refractivity contribution is -0.136. The number of hydrogen-bond donors (Lipinski definition) is 4. The summed E-state index contributed by atoms with van der Waals surface area (Å²) in [5, 5.41) is 7.60. The molecule has 6 atom stereocenters. The molecule has 14 heteroatoms. The van der Waals surface area contributed by atoms with Gasteiger partial charge in [0.1, 0.15) is 23.7 Å². The Labute approximate surface area is 338 Å². The number of nitrogens with zero attached hydrogens (tertiary/aromatic N) is 4. The number of methoxy groups -OCH3 is 2. The Balaban J connectivity index is 1.09. The molecule has 0 aliphatic carbocycles. The van der Waals surface area contributed by atoms with E-state index in [9.17, 15) is 19.2 Å². The van der Waals surface area contributed by atoms with Crippen LogP contribution in [0.2, 0.25) is 0 Å². The summed E-state index contributed by atoms with van der Waals surface area (Å²) in [4.78, 5) is 72.0. The molecule has 2 aromatic heterocycles. The number of fused-ring (bicyclic) bond motifs is 2. The summed E-state index contributed by atoms with van der Waals surface area (Å²) in [6.45, 7) is 13.0. The van der Waals surface area contributed by atoms with Crippen LogP contribution in [0.5, 0.6) is 0 Å². The van der Waals surface area contributed by atoms with Crippen LogP contribution in [0, 0.1) is 23.7 Å². The number of ether oxygens (including phenoxy) is 2. The predicted octanol–water partition coefficient (Wildman–Crippen LogP) is 7.35. The maximum atomic E-state index is 13.8. The Kier molecular flexibility index (Phi) is 11.5. The fourth-order valence-electron chi connectivity index (χ4n) is 8.47. The van der Waals surface area contributed by atoms with Crippen molar-refractivity contribution in [3.63, 3.8) is 0 Å². The second-order valence-electron chi connectivity index (χ2n) is 16.7. The third kappa shape index (κ3) is 8.09. The van der Waals surface area contributed by atoms with Crippen molar-refractivity contribution in [3.05, 3.63) is 72.4 Å². The quantitative estimate of drug-likeness (QED) is 0.114. The number of aromatic amines is 2. The number of nitrogens with one attached hydrogen (secondary N) is 4. The molecule has 0 radical (unpaired) electrons. The van der Waals surface area contributed by atoms with Crippen LogP contribution in [-0.2, 0) is 19.1 Å². The first-order valence-electron chi connectivity index (χ1n) is 20.1. The zero-order valence-corrected chi connectivity index (χ0v) is 34.5. The van der Waals surface area contributed by atoms with Crippen molar-refractivity contribution in [2.45, 2.75) is 78.6 Å². The van der Waals surface area contributed by atoms with Gasteiger partial charge in [0.2, 0.25) is 11.8 Å². The van der Waals surface area contributed by atoms with E-state index in [1.165, 1.54) is 14.2 Å². The second kappa shape index (κ2) is 16.5. The van der Waals surface area contributed by atoms with Gasteiger partial charge in [-0.05, 0) is 82.7 Å². The number of carbonyl (C=O) groups excluding carboxylic acids is 4. The Morgan fingerprint density at radius 2 is 1.19 bits per heavy atom. The van der Waals surface area contributed by atoms with Gasteiger partial charge in [0.05, 0.1) is 49.2 Å². The predicted molar refractivity (Wildman–Crippen MR) is 221 cm³/mol. The first-order valence-corrected chi connectivity index (χ1v) is 20.1. The third-order valence-electron chi connectivity index (χ3n) is 11.6. The third-order valence-corrected chi connectivity index (χ3v) is 11.6. The van der Waals surface area contributed by atoms with Crippen molar-refractivity contribution in [1.82, 2.24) is 40.4 Å². The molecule has 5 aromatic rings. The molecular weight excluding hydrogens is 737 g/mol. The van der Waals surface area contributed by atoms with Crippen molar-refractivity contribution < 1.29 is 28.7 Å². The maximum Gasteiger partial charge on any atom is 0.407 e. The average molecular weight is 791 g/mol. The van der Waals surface area contributed by atoms with Gasteiger partial charge in [0, 0.05) is 18.7 Å². The molecule has 3 aromatic carbocycles. The summed E-state index contributed by atoms with van der Waals surface area (Å²) in [6, 6.07) is 17.0. The van der Waals surface area contributed by atoms with Gasteiger partial charge < -0.3 is 39.9 Å². The van der Waals surface area contributed by atoms with Crippen LogP contribution in [0.25, 0.3) is 44.2 Å². The molecule has 14 nitrogen and oxygen atoms in total. The number of carbonyl (C=O) groups is 4. The largest absolute Gasteiger partial charge is 0.453 e. The fourth-order valence-corrected chi connectivity index (χ4v) is 8.47. The standard InChI is InChI=1S/C44H54N8O6/c1-23(2)37(49-43(55)57-7)41(53)51-21-25(5)15-35(51)39-45-20-34(48-39)31-12-11-27-17-28(9-10-29(27)18-31)30-13-14-32-33(19-30)47-40(46-32)36-16-26(6)22-52(36)42(54)38(24(3)4)50-44(56)58-8/h9-14,17-20,23-26,35-38H,15-16,21-22H2,1-8H3,(H,45,48)(H,46,47)(H,49,55)(H,50,56)/t25-,26-,35-,36-,37-,38-/m0/s1. The molecule has 58 heavy (non-hydrogen) atoms. The van der Waals surface area contributed by atoms with Crippen LogP contribution in [0.4, 0.5) is 9.59 Å². The molecule has 0 unspecified atom stereocenters. The molecule has 4 heterocycles. The molecule has 2 fully saturated rings. The molecule has 7 rings (SSSR count). The van der Waals surface area contributed by atoms with Gasteiger partial charge in [0.15, 0.2) is 0 Å². The lowest BCUT2D eigenvalue weighted by atomic mass is 9.99. The second-order valence-corrected chi connectivity index (χ2v) is 16.7. The normalized spacial score (nSPS) is 20.5. The van der Waals surface area contributed by atoms with E-state index in [1.807, 2.05) is 49.8 Å². The number of imidazole rings is 2. The summed E-state index contributed by atoms with van der Waals surface area (Å²) < 4.78 is 9.58. The van der Waals surface area contributed by atoms with Crippen molar-refractivity contribution >= 4 is 45.8 Å². The molecule has 0 spiro atoms. The molecule has 2 aliphatic rings. The van der Waals surface area contributed by atoms with Gasteiger partial charge in [-0.15, -0.1) is 0 Å². The number of aromatic nitrogens is 4. The van der Waals surface area contributed by atoms with E-state index >= 15 is 0 Å². The molecule has 0 saturated carbocycles. The smallest absolute Gasteiger partial charge is 0.407 e.